The van der Waals surface area contributed by atoms with Gasteiger partial charge in [-0.1, -0.05) is 60.7 Å². The van der Waals surface area contributed by atoms with Gasteiger partial charge in [-0.2, -0.15) is 0 Å². The second-order valence-electron chi connectivity index (χ2n) is 19.0. The molecule has 0 radical (unpaired) electrons. The third-order valence-corrected chi connectivity index (χ3v) is 17.5. The van der Waals surface area contributed by atoms with Gasteiger partial charge in [0.25, 0.3) is 0 Å². The van der Waals surface area contributed by atoms with E-state index in [0.717, 1.165) is 0 Å². The van der Waals surface area contributed by atoms with Crippen LogP contribution in [0.15, 0.2) is 261 Å². The second kappa shape index (κ2) is 16.4. The van der Waals surface area contributed by atoms with Crippen LogP contribution in [0.5, 0.6) is 0 Å². The molecule has 0 atom stereocenters. The first-order chi connectivity index (χ1) is 35.7. The van der Waals surface area contributed by atoms with Gasteiger partial charge in [0, 0.05) is 0 Å². The maximum absolute atomic E-state index is 2.56. The molecule has 2 aromatic heterocycles. The number of nitrogens with zero attached hydrogens (tertiary/aromatic N) is 1. The Bertz CT molecular complexity index is 4450. The van der Waals surface area contributed by atoms with Crippen LogP contribution in [-0.2, 0) is 0 Å². The van der Waals surface area contributed by atoms with Crippen molar-refractivity contribution >= 4 is 98.7 Å². The van der Waals surface area contributed by atoms with E-state index in [2.05, 4.69) is 265 Å². The van der Waals surface area contributed by atoms with Crippen molar-refractivity contribution in [2.24, 2.45) is 0 Å². The predicted molar refractivity (Wildman–Crippen MR) is 310 cm³/mol. The summed E-state index contributed by atoms with van der Waals surface area (Å²) in [6.45, 7) is 0. The zero-order valence-electron chi connectivity index (χ0n) is 39.2. The molecule has 0 N–H and O–H groups in total. The van der Waals surface area contributed by atoms with Gasteiger partial charge in [0.05, 0.1) is 0 Å². The molecule has 0 saturated carbocycles. The molecule has 15 aromatic rings. The van der Waals surface area contributed by atoms with E-state index in [9.17, 15) is 0 Å². The molecule has 334 valence electrons. The molecule has 0 amide bonds. The van der Waals surface area contributed by atoms with E-state index in [0.29, 0.717) is 0 Å². The Kier molecular flexibility index (Phi) is 9.35. The molecule has 0 aliphatic rings. The van der Waals surface area contributed by atoms with Crippen molar-refractivity contribution in [2.75, 3.05) is 0 Å². The van der Waals surface area contributed by atoms with Crippen LogP contribution >= 0.6 is 0 Å². The molecular formula is C70H43NSe. The van der Waals surface area contributed by atoms with Crippen LogP contribution in [0.1, 0.15) is 0 Å². The van der Waals surface area contributed by atoms with Crippen LogP contribution in [-0.4, -0.2) is 19.1 Å². The SMILES string of the molecule is c1ccc(-c2ccc3c(c2)c2cc(-c4ccccc4)ccc2n3-c2c3ccccc3c(-c3cccc4[se]c5ccc(-c6c7ccccc7c(-c7ccccc7)c7ccccc67)cc5c34)c3ccccc23)cc1. The molecule has 15 rings (SSSR count). The molecule has 0 unspecified atom stereocenters. The summed E-state index contributed by atoms with van der Waals surface area (Å²) >= 11 is 0.159. The maximum Gasteiger partial charge on any atom is -0.0544 e. The minimum absolute atomic E-state index is 0.159. The Hall–Kier alpha value is -8.78. The van der Waals surface area contributed by atoms with E-state index >= 15 is 0 Å². The summed E-state index contributed by atoms with van der Waals surface area (Å²) in [5.74, 6) is 0. The van der Waals surface area contributed by atoms with Crippen LogP contribution in [0, 0.1) is 0 Å². The largest absolute Gasteiger partial charge is 0.0617 e. The van der Waals surface area contributed by atoms with Crippen molar-refractivity contribution in [3.05, 3.63) is 261 Å². The summed E-state index contributed by atoms with van der Waals surface area (Å²) in [4.78, 5) is 0. The Labute approximate surface area is 422 Å². The molecule has 0 aliphatic heterocycles. The number of hydrogen-bond donors (Lipinski definition) is 0. The van der Waals surface area contributed by atoms with Crippen molar-refractivity contribution in [1.82, 2.24) is 4.57 Å². The van der Waals surface area contributed by atoms with Gasteiger partial charge in [-0.25, -0.2) is 0 Å². The molecule has 0 fully saturated rings. The summed E-state index contributed by atoms with van der Waals surface area (Å²) < 4.78 is 5.42. The second-order valence-corrected chi connectivity index (χ2v) is 21.3. The molecule has 72 heavy (non-hydrogen) atoms. The molecule has 0 spiro atoms. The molecule has 0 bridgehead atoms. The van der Waals surface area contributed by atoms with Crippen molar-refractivity contribution in [3.63, 3.8) is 0 Å². The normalized spacial score (nSPS) is 11.9. The van der Waals surface area contributed by atoms with Gasteiger partial charge >= 0.3 is 354 Å². The van der Waals surface area contributed by atoms with Crippen molar-refractivity contribution < 1.29 is 0 Å². The van der Waals surface area contributed by atoms with Gasteiger partial charge in [0.1, 0.15) is 0 Å². The number of rotatable bonds is 6. The third-order valence-electron chi connectivity index (χ3n) is 15.2. The van der Waals surface area contributed by atoms with E-state index in [-0.39, 0.29) is 14.5 Å². The van der Waals surface area contributed by atoms with Gasteiger partial charge in [-0.05, 0) is 11.1 Å². The van der Waals surface area contributed by atoms with Crippen LogP contribution in [0.2, 0.25) is 0 Å². The van der Waals surface area contributed by atoms with E-state index in [1.807, 2.05) is 0 Å². The quantitative estimate of drug-likeness (QED) is 0.116. The van der Waals surface area contributed by atoms with Gasteiger partial charge in [0.2, 0.25) is 0 Å². The first kappa shape index (κ1) is 41.0. The maximum atomic E-state index is 2.56. The van der Waals surface area contributed by atoms with Gasteiger partial charge < -0.3 is 0 Å². The van der Waals surface area contributed by atoms with Gasteiger partial charge in [-0.3, -0.25) is 0 Å². The average Bonchev–Trinajstić information content (AvgIpc) is 3.99. The molecule has 0 aliphatic carbocycles. The zero-order chi connectivity index (χ0) is 47.3. The predicted octanol–water partition coefficient (Wildman–Crippen LogP) is 19.1. The first-order valence-corrected chi connectivity index (χ1v) is 26.5. The summed E-state index contributed by atoms with van der Waals surface area (Å²) in [7, 11) is 0. The fourth-order valence-electron chi connectivity index (χ4n) is 12.1. The average molecular weight is 977 g/mol. The summed E-state index contributed by atoms with van der Waals surface area (Å²) in [5, 5.41) is 15.3. The molecule has 1 nitrogen and oxygen atoms in total. The van der Waals surface area contributed by atoms with Crippen molar-refractivity contribution in [3.8, 4) is 61.3 Å². The number of aromatic nitrogens is 1. The number of hydrogen-bond acceptors (Lipinski definition) is 0. The smallest absolute Gasteiger partial charge is 0.0544 e. The molecule has 0 saturated heterocycles. The van der Waals surface area contributed by atoms with Crippen LogP contribution in [0.4, 0.5) is 0 Å². The summed E-state index contributed by atoms with van der Waals surface area (Å²) in [5.41, 5.74) is 16.1. The summed E-state index contributed by atoms with van der Waals surface area (Å²) in [6.07, 6.45) is 0. The van der Waals surface area contributed by atoms with Crippen LogP contribution < -0.4 is 0 Å². The monoisotopic (exact) mass is 977 g/mol. The minimum Gasteiger partial charge on any atom is -0.0617 e. The standard InChI is InChI=1S/C70H43NSe/c1-4-19-44(20-5-1)47-35-38-62-59(41-47)60-42-48(45-21-6-2-7-22-45)36-39-63(60)71(62)70-56-31-16-14-29-54(56)68(55-30-15-17-32-57(55)70)58-33-18-34-65-69(58)61-43-49(37-40-64(61)72-65)67-52-27-12-10-25-50(52)66(46-23-8-3-9-24-46)51-26-11-13-28-53(51)67/h1-43H. The third kappa shape index (κ3) is 6.27. The van der Waals surface area contributed by atoms with Gasteiger partial charge in [0.15, 0.2) is 0 Å². The van der Waals surface area contributed by atoms with Crippen LogP contribution in [0.25, 0.3) is 146 Å². The Morgan fingerprint density at radius 1 is 0.236 bits per heavy atom. The minimum atomic E-state index is 0.159. The van der Waals surface area contributed by atoms with E-state index in [1.54, 1.807) is 0 Å². The fraction of sp³-hybridized carbons (Fsp3) is 0. The topological polar surface area (TPSA) is 4.93 Å². The molecular weight excluding hydrogens is 934 g/mol. The van der Waals surface area contributed by atoms with E-state index < -0.39 is 0 Å². The summed E-state index contributed by atoms with van der Waals surface area (Å²) in [6, 6.07) is 97.3. The number of fused-ring (bicyclic) bond motifs is 10. The van der Waals surface area contributed by atoms with Crippen molar-refractivity contribution in [2.45, 2.75) is 0 Å². The van der Waals surface area contributed by atoms with Crippen LogP contribution in [0.3, 0.4) is 0 Å². The fourth-order valence-corrected chi connectivity index (χ4v) is 14.4. The Morgan fingerprint density at radius 2 is 0.639 bits per heavy atom. The molecule has 2 heterocycles. The zero-order valence-corrected chi connectivity index (χ0v) is 40.9. The Morgan fingerprint density at radius 3 is 1.14 bits per heavy atom. The molecule has 13 aromatic carbocycles. The molecule has 2 heteroatoms. The first-order valence-electron chi connectivity index (χ1n) is 24.8. The van der Waals surface area contributed by atoms with Crippen molar-refractivity contribution in [1.29, 1.82) is 0 Å². The Balaban J connectivity index is 0.994. The van der Waals surface area contributed by atoms with E-state index in [1.165, 1.54) is 146 Å². The number of benzene rings is 13. The van der Waals surface area contributed by atoms with E-state index in [4.69, 9.17) is 0 Å². The van der Waals surface area contributed by atoms with Gasteiger partial charge in [-0.15, -0.1) is 0 Å².